The van der Waals surface area contributed by atoms with Crippen LogP contribution in [0, 0.1) is 13.8 Å². The van der Waals surface area contributed by atoms with Crippen LogP contribution in [0.15, 0.2) is 40.3 Å². The Hall–Kier alpha value is -2.12. The molecule has 1 aromatic carbocycles. The first-order valence-electron chi connectivity index (χ1n) is 8.22. The van der Waals surface area contributed by atoms with E-state index in [2.05, 4.69) is 4.98 Å². The molecular formula is C19H21N3O2S2. The van der Waals surface area contributed by atoms with Crippen molar-refractivity contribution in [3.8, 4) is 0 Å². The van der Waals surface area contributed by atoms with E-state index < -0.39 is 0 Å². The zero-order valence-corrected chi connectivity index (χ0v) is 16.9. The summed E-state index contributed by atoms with van der Waals surface area (Å²) in [5.74, 6) is -0.119. The van der Waals surface area contributed by atoms with Gasteiger partial charge in [0.15, 0.2) is 0 Å². The van der Waals surface area contributed by atoms with E-state index in [0.29, 0.717) is 11.9 Å². The van der Waals surface area contributed by atoms with Crippen LogP contribution in [0.5, 0.6) is 0 Å². The zero-order chi connectivity index (χ0) is 18.8. The van der Waals surface area contributed by atoms with Gasteiger partial charge in [0.05, 0.1) is 11.7 Å². The fourth-order valence-electron chi connectivity index (χ4n) is 2.74. The molecule has 3 aromatic rings. The van der Waals surface area contributed by atoms with Gasteiger partial charge in [0.2, 0.25) is 5.91 Å². The highest BCUT2D eigenvalue weighted by Gasteiger charge is 2.15. The third-order valence-electron chi connectivity index (χ3n) is 4.47. The molecule has 0 radical (unpaired) electrons. The molecule has 0 saturated carbocycles. The molecule has 0 aliphatic carbocycles. The van der Waals surface area contributed by atoms with Crippen molar-refractivity contribution in [2.24, 2.45) is 0 Å². The molecule has 1 amide bonds. The minimum Gasteiger partial charge on any atom is -0.340 e. The lowest BCUT2D eigenvalue weighted by Gasteiger charge is -2.18. The smallest absolute Gasteiger partial charge is 0.262 e. The van der Waals surface area contributed by atoms with Gasteiger partial charge in [-0.05, 0) is 43.4 Å². The number of carbonyl (C=O) groups excluding carboxylic acids is 1. The molecule has 0 aliphatic heterocycles. The van der Waals surface area contributed by atoms with E-state index in [4.69, 9.17) is 0 Å². The van der Waals surface area contributed by atoms with Crippen molar-refractivity contribution in [2.75, 3.05) is 13.3 Å². The quantitative estimate of drug-likeness (QED) is 0.629. The van der Waals surface area contributed by atoms with Crippen LogP contribution in [0.4, 0.5) is 0 Å². The van der Waals surface area contributed by atoms with E-state index in [-0.39, 0.29) is 18.0 Å². The number of aryl methyl sites for hydroxylation is 2. The molecule has 136 valence electrons. The van der Waals surface area contributed by atoms with Gasteiger partial charge in [-0.15, -0.1) is 23.1 Å². The highest BCUT2D eigenvalue weighted by molar-refractivity contribution is 7.98. The number of hydrogen-bond donors (Lipinski definition) is 0. The lowest BCUT2D eigenvalue weighted by Crippen LogP contribution is -2.33. The average molecular weight is 388 g/mol. The zero-order valence-electron chi connectivity index (χ0n) is 15.3. The van der Waals surface area contributed by atoms with Crippen LogP contribution >= 0.6 is 23.1 Å². The number of fused-ring (bicyclic) bond motifs is 1. The van der Waals surface area contributed by atoms with Gasteiger partial charge in [-0.25, -0.2) is 4.98 Å². The Kier molecular flexibility index (Phi) is 5.48. The summed E-state index contributed by atoms with van der Waals surface area (Å²) in [6.07, 6.45) is 3.50. The number of likely N-dealkylation sites (N-methyl/N-ethyl adjacent to an activating group) is 1. The van der Waals surface area contributed by atoms with Gasteiger partial charge in [-0.2, -0.15) is 0 Å². The lowest BCUT2D eigenvalue weighted by atomic mass is 10.2. The van der Waals surface area contributed by atoms with Gasteiger partial charge in [-0.3, -0.25) is 14.2 Å². The Morgan fingerprint density at radius 2 is 1.96 bits per heavy atom. The summed E-state index contributed by atoms with van der Waals surface area (Å²) in [6.45, 7) is 4.41. The van der Waals surface area contributed by atoms with Gasteiger partial charge in [-0.1, -0.05) is 12.1 Å². The largest absolute Gasteiger partial charge is 0.340 e. The fraction of sp³-hybridized carbons (Fsp3) is 0.316. The first-order chi connectivity index (χ1) is 12.4. The van der Waals surface area contributed by atoms with Crippen LogP contribution in [0.2, 0.25) is 0 Å². The second kappa shape index (κ2) is 7.63. The maximum absolute atomic E-state index is 12.7. The normalized spacial score (nSPS) is 11.1. The van der Waals surface area contributed by atoms with Gasteiger partial charge in [0.25, 0.3) is 5.56 Å². The molecule has 5 nitrogen and oxygen atoms in total. The summed E-state index contributed by atoms with van der Waals surface area (Å²) < 4.78 is 1.40. The first kappa shape index (κ1) is 18.7. The number of nitrogens with zero attached hydrogens (tertiary/aromatic N) is 3. The Balaban J connectivity index is 1.76. The second-order valence-electron chi connectivity index (χ2n) is 6.24. The van der Waals surface area contributed by atoms with E-state index in [1.807, 2.05) is 44.4 Å². The minimum atomic E-state index is -0.150. The van der Waals surface area contributed by atoms with E-state index in [0.717, 1.165) is 20.8 Å². The summed E-state index contributed by atoms with van der Waals surface area (Å²) >= 11 is 3.20. The molecule has 0 unspecified atom stereocenters. The molecule has 0 spiro atoms. The number of thiophene rings is 1. The second-order valence-corrected chi connectivity index (χ2v) is 8.32. The Labute approximate surface area is 160 Å². The van der Waals surface area contributed by atoms with Crippen LogP contribution in [-0.2, 0) is 17.9 Å². The monoisotopic (exact) mass is 387 g/mol. The van der Waals surface area contributed by atoms with Crippen molar-refractivity contribution in [1.82, 2.24) is 14.5 Å². The van der Waals surface area contributed by atoms with Crippen LogP contribution in [0.3, 0.4) is 0 Å². The number of hydrogen-bond acceptors (Lipinski definition) is 5. The van der Waals surface area contributed by atoms with Gasteiger partial charge >= 0.3 is 0 Å². The number of rotatable bonds is 5. The molecule has 26 heavy (non-hydrogen) atoms. The molecular weight excluding hydrogens is 366 g/mol. The van der Waals surface area contributed by atoms with E-state index >= 15 is 0 Å². The Morgan fingerprint density at radius 3 is 2.62 bits per heavy atom. The van der Waals surface area contributed by atoms with Crippen molar-refractivity contribution in [1.29, 1.82) is 0 Å². The fourth-order valence-corrected chi connectivity index (χ4v) is 4.14. The highest BCUT2D eigenvalue weighted by Crippen LogP contribution is 2.25. The number of benzene rings is 1. The molecule has 0 N–H and O–H groups in total. The Morgan fingerprint density at radius 1 is 1.27 bits per heavy atom. The van der Waals surface area contributed by atoms with Crippen molar-refractivity contribution < 1.29 is 4.79 Å². The summed E-state index contributed by atoms with van der Waals surface area (Å²) in [6, 6.07) is 8.13. The van der Waals surface area contributed by atoms with Crippen LogP contribution in [0.25, 0.3) is 10.2 Å². The number of aromatic nitrogens is 2. The lowest BCUT2D eigenvalue weighted by molar-refractivity contribution is -0.131. The maximum atomic E-state index is 12.7. The van der Waals surface area contributed by atoms with E-state index in [1.54, 1.807) is 23.7 Å². The number of amides is 1. The molecule has 7 heteroatoms. The SMILES string of the molecule is CSc1ccc(CN(C)C(=O)Cn2cnc3sc(C)c(C)c3c2=O)cc1. The van der Waals surface area contributed by atoms with Crippen molar-refractivity contribution in [2.45, 2.75) is 31.8 Å². The summed E-state index contributed by atoms with van der Waals surface area (Å²) in [5, 5.41) is 0.623. The first-order valence-corrected chi connectivity index (χ1v) is 10.3. The number of carbonyl (C=O) groups is 1. The molecule has 0 bridgehead atoms. The van der Waals surface area contributed by atoms with Crippen molar-refractivity contribution in [3.05, 3.63) is 57.0 Å². The predicted octanol–water partition coefficient (Wildman–Crippen LogP) is 3.46. The average Bonchev–Trinajstić information content (AvgIpc) is 2.93. The number of thioether (sulfide) groups is 1. The molecule has 0 fully saturated rings. The van der Waals surface area contributed by atoms with Gasteiger partial charge < -0.3 is 4.90 Å². The summed E-state index contributed by atoms with van der Waals surface area (Å²) in [5.41, 5.74) is 1.86. The summed E-state index contributed by atoms with van der Waals surface area (Å²) in [7, 11) is 1.75. The summed E-state index contributed by atoms with van der Waals surface area (Å²) in [4.78, 5) is 34.2. The molecule has 3 rings (SSSR count). The molecule has 2 aromatic heterocycles. The van der Waals surface area contributed by atoms with E-state index in [9.17, 15) is 9.59 Å². The van der Waals surface area contributed by atoms with Crippen LogP contribution in [0.1, 0.15) is 16.0 Å². The van der Waals surface area contributed by atoms with Crippen molar-refractivity contribution in [3.63, 3.8) is 0 Å². The topological polar surface area (TPSA) is 55.2 Å². The van der Waals surface area contributed by atoms with Crippen LogP contribution in [-0.4, -0.2) is 33.7 Å². The molecule has 0 atom stereocenters. The van der Waals surface area contributed by atoms with Gasteiger partial charge in [0.1, 0.15) is 11.4 Å². The van der Waals surface area contributed by atoms with E-state index in [1.165, 1.54) is 27.1 Å². The molecule has 0 aliphatic rings. The Bertz CT molecular complexity index is 1010. The standard InChI is InChI=1S/C19H21N3O2S2/c1-12-13(2)26-18-17(12)19(24)22(11-20-18)10-16(23)21(3)9-14-5-7-15(25-4)8-6-14/h5-8,11H,9-10H2,1-4H3. The predicted molar refractivity (Wildman–Crippen MR) is 108 cm³/mol. The minimum absolute atomic E-state index is 0.00446. The third-order valence-corrected chi connectivity index (χ3v) is 6.32. The molecule has 2 heterocycles. The van der Waals surface area contributed by atoms with Crippen molar-refractivity contribution >= 4 is 39.2 Å². The highest BCUT2D eigenvalue weighted by atomic mass is 32.2. The van der Waals surface area contributed by atoms with Crippen LogP contribution < -0.4 is 5.56 Å². The molecule has 0 saturated heterocycles. The third kappa shape index (κ3) is 3.68. The maximum Gasteiger partial charge on any atom is 0.262 e. The van der Waals surface area contributed by atoms with Gasteiger partial charge in [0, 0.05) is 23.4 Å².